The summed E-state index contributed by atoms with van der Waals surface area (Å²) in [4.78, 5) is 19.9. The lowest BCUT2D eigenvalue weighted by molar-refractivity contribution is -0.144. The summed E-state index contributed by atoms with van der Waals surface area (Å²) in [7, 11) is 1.60. The number of nitrogens with zero attached hydrogens (tertiary/aromatic N) is 3. The smallest absolute Gasteiger partial charge is 0.310 e. The lowest BCUT2D eigenvalue weighted by atomic mass is 10.2. The molecular formula is C17H15N3O4. The molecule has 3 aromatic rings. The zero-order chi connectivity index (χ0) is 16.8. The van der Waals surface area contributed by atoms with E-state index in [1.54, 1.807) is 37.7 Å². The Morgan fingerprint density at radius 3 is 2.75 bits per heavy atom. The number of carbonyl (C=O) groups excluding carboxylic acids is 1. The minimum absolute atomic E-state index is 0.0429. The fourth-order valence-electron chi connectivity index (χ4n) is 2.03. The molecule has 0 saturated carbocycles. The van der Waals surface area contributed by atoms with E-state index in [0.717, 1.165) is 16.9 Å². The quantitative estimate of drug-likeness (QED) is 0.643. The highest BCUT2D eigenvalue weighted by Gasteiger charge is 2.11. The second kappa shape index (κ2) is 7.36. The van der Waals surface area contributed by atoms with Crippen molar-refractivity contribution in [2.45, 2.75) is 13.0 Å². The Hall–Kier alpha value is -3.22. The average Bonchev–Trinajstić information content (AvgIpc) is 3.10. The van der Waals surface area contributed by atoms with E-state index < -0.39 is 0 Å². The number of pyridine rings is 1. The third kappa shape index (κ3) is 3.95. The molecule has 3 rings (SSSR count). The molecule has 0 spiro atoms. The summed E-state index contributed by atoms with van der Waals surface area (Å²) in [5, 5.41) is 3.81. The molecule has 0 saturated heterocycles. The summed E-state index contributed by atoms with van der Waals surface area (Å²) in [5.74, 6) is 1.03. The number of benzene rings is 1. The molecule has 2 aromatic heterocycles. The summed E-state index contributed by atoms with van der Waals surface area (Å²) >= 11 is 0. The summed E-state index contributed by atoms with van der Waals surface area (Å²) in [6, 6.07) is 10.8. The van der Waals surface area contributed by atoms with E-state index in [-0.39, 0.29) is 19.0 Å². The topological polar surface area (TPSA) is 87.3 Å². The lowest BCUT2D eigenvalue weighted by Gasteiger charge is -2.01. The van der Waals surface area contributed by atoms with E-state index in [1.165, 1.54) is 0 Å². The Morgan fingerprint density at radius 1 is 1.21 bits per heavy atom. The summed E-state index contributed by atoms with van der Waals surface area (Å²) in [6.45, 7) is -0.0429. The van der Waals surface area contributed by atoms with E-state index >= 15 is 0 Å². The van der Waals surface area contributed by atoms with Crippen LogP contribution in [0.25, 0.3) is 11.5 Å². The van der Waals surface area contributed by atoms with Crippen LogP contribution in [0.1, 0.15) is 11.4 Å². The number of methoxy groups -OCH3 is 1. The van der Waals surface area contributed by atoms with Crippen LogP contribution in [0.2, 0.25) is 0 Å². The van der Waals surface area contributed by atoms with Crippen LogP contribution in [0.4, 0.5) is 0 Å². The lowest BCUT2D eigenvalue weighted by Crippen LogP contribution is -2.08. The first kappa shape index (κ1) is 15.7. The second-order valence-corrected chi connectivity index (χ2v) is 4.94. The minimum Gasteiger partial charge on any atom is -0.497 e. The molecule has 2 heterocycles. The number of aromatic nitrogens is 3. The Kier molecular flexibility index (Phi) is 4.81. The van der Waals surface area contributed by atoms with Gasteiger partial charge in [0.1, 0.15) is 5.75 Å². The van der Waals surface area contributed by atoms with E-state index in [1.807, 2.05) is 18.2 Å². The van der Waals surface area contributed by atoms with Gasteiger partial charge in [-0.2, -0.15) is 4.98 Å². The van der Waals surface area contributed by atoms with Gasteiger partial charge in [-0.15, -0.1) is 0 Å². The van der Waals surface area contributed by atoms with Crippen molar-refractivity contribution < 1.29 is 18.8 Å². The van der Waals surface area contributed by atoms with Crippen molar-refractivity contribution in [2.75, 3.05) is 7.11 Å². The summed E-state index contributed by atoms with van der Waals surface area (Å²) < 4.78 is 15.4. The second-order valence-electron chi connectivity index (χ2n) is 4.94. The molecule has 0 aliphatic rings. The maximum Gasteiger partial charge on any atom is 0.310 e. The molecule has 7 heteroatoms. The number of hydrogen-bond donors (Lipinski definition) is 0. The van der Waals surface area contributed by atoms with Crippen LogP contribution in [0.15, 0.2) is 53.3 Å². The average molecular weight is 325 g/mol. The Balaban J connectivity index is 1.56. The molecule has 7 nitrogen and oxygen atoms in total. The van der Waals surface area contributed by atoms with Crippen LogP contribution in [-0.2, 0) is 22.6 Å². The molecule has 0 N–H and O–H groups in total. The van der Waals surface area contributed by atoms with Crippen molar-refractivity contribution in [3.63, 3.8) is 0 Å². The third-order valence-corrected chi connectivity index (χ3v) is 3.24. The molecule has 0 fully saturated rings. The van der Waals surface area contributed by atoms with Crippen molar-refractivity contribution in [3.05, 3.63) is 60.2 Å². The van der Waals surface area contributed by atoms with Crippen LogP contribution in [0.5, 0.6) is 5.75 Å². The fraction of sp³-hybridized carbons (Fsp3) is 0.176. The van der Waals surface area contributed by atoms with Crippen LogP contribution in [-0.4, -0.2) is 28.2 Å². The van der Waals surface area contributed by atoms with Gasteiger partial charge in [-0.3, -0.25) is 9.78 Å². The van der Waals surface area contributed by atoms with Gasteiger partial charge in [0.25, 0.3) is 5.89 Å². The molecule has 0 unspecified atom stereocenters. The van der Waals surface area contributed by atoms with Gasteiger partial charge in [0, 0.05) is 18.0 Å². The van der Waals surface area contributed by atoms with Crippen LogP contribution in [0.3, 0.4) is 0 Å². The molecule has 0 aliphatic carbocycles. The van der Waals surface area contributed by atoms with E-state index in [4.69, 9.17) is 14.0 Å². The van der Waals surface area contributed by atoms with Gasteiger partial charge >= 0.3 is 5.97 Å². The molecule has 122 valence electrons. The molecule has 0 amide bonds. The van der Waals surface area contributed by atoms with Crippen molar-refractivity contribution in [2.24, 2.45) is 0 Å². The number of ether oxygens (including phenoxy) is 2. The van der Waals surface area contributed by atoms with E-state index in [2.05, 4.69) is 15.1 Å². The number of hydrogen-bond acceptors (Lipinski definition) is 7. The Labute approximate surface area is 138 Å². The number of esters is 1. The molecule has 0 aliphatic heterocycles. The first-order valence-electron chi connectivity index (χ1n) is 7.26. The van der Waals surface area contributed by atoms with Gasteiger partial charge in [-0.25, -0.2) is 0 Å². The molecule has 1 aromatic carbocycles. The van der Waals surface area contributed by atoms with E-state index in [0.29, 0.717) is 11.7 Å². The predicted octanol–water partition coefficient (Wildman–Crippen LogP) is 2.43. The fourth-order valence-corrected chi connectivity index (χ4v) is 2.03. The Bertz CT molecular complexity index is 800. The first-order chi connectivity index (χ1) is 11.7. The first-order valence-corrected chi connectivity index (χ1v) is 7.26. The van der Waals surface area contributed by atoms with Crippen LogP contribution in [0, 0.1) is 0 Å². The highest BCUT2D eigenvalue weighted by molar-refractivity contribution is 5.72. The van der Waals surface area contributed by atoms with Gasteiger partial charge < -0.3 is 14.0 Å². The monoisotopic (exact) mass is 325 g/mol. The maximum atomic E-state index is 11.8. The van der Waals surface area contributed by atoms with Gasteiger partial charge in [0.2, 0.25) is 5.82 Å². The number of rotatable bonds is 6. The third-order valence-electron chi connectivity index (χ3n) is 3.24. The van der Waals surface area contributed by atoms with Crippen LogP contribution >= 0.6 is 0 Å². The Morgan fingerprint density at radius 2 is 2.04 bits per heavy atom. The summed E-state index contributed by atoms with van der Waals surface area (Å²) in [6.07, 6.45) is 3.42. The van der Waals surface area contributed by atoms with E-state index in [9.17, 15) is 4.79 Å². The van der Waals surface area contributed by atoms with Crippen molar-refractivity contribution >= 4 is 5.97 Å². The highest BCUT2D eigenvalue weighted by atomic mass is 16.5. The van der Waals surface area contributed by atoms with Crippen molar-refractivity contribution in [3.8, 4) is 17.2 Å². The molecular weight excluding hydrogens is 310 g/mol. The zero-order valence-corrected chi connectivity index (χ0v) is 13.0. The molecule has 0 bridgehead atoms. The molecule has 0 radical (unpaired) electrons. The zero-order valence-electron chi connectivity index (χ0n) is 13.0. The van der Waals surface area contributed by atoms with Crippen LogP contribution < -0.4 is 4.74 Å². The normalized spacial score (nSPS) is 10.4. The highest BCUT2D eigenvalue weighted by Crippen LogP contribution is 2.20. The predicted molar refractivity (Wildman–Crippen MR) is 84.0 cm³/mol. The van der Waals surface area contributed by atoms with Gasteiger partial charge in [0.15, 0.2) is 6.61 Å². The maximum absolute atomic E-state index is 11.8. The minimum atomic E-state index is -0.376. The molecule has 0 atom stereocenters. The standard InChI is InChI=1S/C17H15N3O4/c1-22-14-6-4-13(5-7-14)17-19-15(20-24-17)11-23-16(21)9-12-3-2-8-18-10-12/h2-8,10H,9,11H2,1H3. The SMILES string of the molecule is COc1ccc(-c2nc(COC(=O)Cc3cccnc3)no2)cc1. The van der Waals surface area contributed by atoms with Crippen molar-refractivity contribution in [1.29, 1.82) is 0 Å². The summed E-state index contributed by atoms with van der Waals surface area (Å²) in [5.41, 5.74) is 1.55. The number of carbonyl (C=O) groups is 1. The van der Waals surface area contributed by atoms with Crippen molar-refractivity contribution in [1.82, 2.24) is 15.1 Å². The molecule has 24 heavy (non-hydrogen) atoms. The largest absolute Gasteiger partial charge is 0.497 e. The van der Waals surface area contributed by atoms with Gasteiger partial charge in [0.05, 0.1) is 13.5 Å². The van der Waals surface area contributed by atoms with Gasteiger partial charge in [-0.05, 0) is 35.9 Å². The van der Waals surface area contributed by atoms with Gasteiger partial charge in [-0.1, -0.05) is 11.2 Å².